The van der Waals surface area contributed by atoms with Crippen molar-refractivity contribution in [3.63, 3.8) is 0 Å². The third kappa shape index (κ3) is 0.649. The minimum atomic E-state index is 0.333. The van der Waals surface area contributed by atoms with Crippen LogP contribution in [0.4, 0.5) is 0 Å². The highest BCUT2D eigenvalue weighted by molar-refractivity contribution is 5.50. The van der Waals surface area contributed by atoms with Gasteiger partial charge in [-0.05, 0) is 18.4 Å². The lowest BCUT2D eigenvalue weighted by Gasteiger charge is -2.29. The molecule has 0 amide bonds. The molecule has 0 fully saturated rings. The molecule has 2 rings (SSSR count). The Morgan fingerprint density at radius 3 is 2.73 bits per heavy atom. The van der Waals surface area contributed by atoms with Crippen LogP contribution in [0.3, 0.4) is 0 Å². The standard InChI is InChI=1S/C11H14/c1-8-4-6-10-7-5-9(2)11(8,10)3/h4-8H,1-3H3. The molecule has 0 heteroatoms. The number of hydrogen-bond donors (Lipinski definition) is 0. The van der Waals surface area contributed by atoms with E-state index < -0.39 is 0 Å². The zero-order valence-corrected chi connectivity index (χ0v) is 7.39. The van der Waals surface area contributed by atoms with E-state index in [-0.39, 0.29) is 0 Å². The van der Waals surface area contributed by atoms with Crippen LogP contribution in [0.2, 0.25) is 0 Å². The van der Waals surface area contributed by atoms with E-state index >= 15 is 0 Å². The molecule has 0 aromatic carbocycles. The predicted molar refractivity (Wildman–Crippen MR) is 48.3 cm³/mol. The first-order chi connectivity index (χ1) is 5.15. The van der Waals surface area contributed by atoms with Gasteiger partial charge in [0.1, 0.15) is 0 Å². The highest BCUT2D eigenvalue weighted by Crippen LogP contribution is 2.50. The van der Waals surface area contributed by atoms with Crippen molar-refractivity contribution < 1.29 is 0 Å². The molecule has 0 radical (unpaired) electrons. The summed E-state index contributed by atoms with van der Waals surface area (Å²) < 4.78 is 0. The summed E-state index contributed by atoms with van der Waals surface area (Å²) in [5.74, 6) is 0.674. The van der Waals surface area contributed by atoms with Gasteiger partial charge in [0.2, 0.25) is 0 Å². The molecule has 0 bridgehead atoms. The van der Waals surface area contributed by atoms with Crippen LogP contribution in [0.1, 0.15) is 20.8 Å². The van der Waals surface area contributed by atoms with Crippen molar-refractivity contribution in [2.24, 2.45) is 11.3 Å². The Morgan fingerprint density at radius 2 is 2.09 bits per heavy atom. The Kier molecular flexibility index (Phi) is 1.18. The van der Waals surface area contributed by atoms with Gasteiger partial charge >= 0.3 is 0 Å². The smallest absolute Gasteiger partial charge is 0.0193 e. The molecule has 2 unspecified atom stereocenters. The van der Waals surface area contributed by atoms with E-state index in [9.17, 15) is 0 Å². The third-order valence-electron chi connectivity index (χ3n) is 3.41. The maximum absolute atomic E-state index is 2.34. The Balaban J connectivity index is 2.50. The maximum Gasteiger partial charge on any atom is 0.0193 e. The molecule has 0 saturated heterocycles. The van der Waals surface area contributed by atoms with Crippen LogP contribution < -0.4 is 0 Å². The topological polar surface area (TPSA) is 0 Å². The molecule has 0 spiro atoms. The maximum atomic E-state index is 2.34. The van der Waals surface area contributed by atoms with Gasteiger partial charge in [-0.2, -0.15) is 0 Å². The zero-order chi connectivity index (χ0) is 8.06. The van der Waals surface area contributed by atoms with Crippen molar-refractivity contribution in [2.45, 2.75) is 20.8 Å². The summed E-state index contributed by atoms with van der Waals surface area (Å²) in [6, 6.07) is 0. The second-order valence-electron chi connectivity index (χ2n) is 3.82. The van der Waals surface area contributed by atoms with E-state index in [2.05, 4.69) is 45.1 Å². The minimum absolute atomic E-state index is 0.333. The van der Waals surface area contributed by atoms with Gasteiger partial charge in [-0.15, -0.1) is 0 Å². The molecule has 0 aromatic rings. The Hall–Kier alpha value is -0.780. The second kappa shape index (κ2) is 1.88. The normalized spacial score (nSPS) is 40.5. The molecule has 0 nitrogen and oxygen atoms in total. The summed E-state index contributed by atoms with van der Waals surface area (Å²) in [5.41, 5.74) is 3.33. The molecule has 0 N–H and O–H groups in total. The summed E-state index contributed by atoms with van der Waals surface area (Å²) in [6.07, 6.45) is 9.06. The number of allylic oxidation sites excluding steroid dienone is 6. The lowest BCUT2D eigenvalue weighted by Crippen LogP contribution is -2.21. The average molecular weight is 146 g/mol. The van der Waals surface area contributed by atoms with E-state index in [1.54, 1.807) is 0 Å². The van der Waals surface area contributed by atoms with Crippen molar-refractivity contribution in [3.8, 4) is 0 Å². The van der Waals surface area contributed by atoms with E-state index in [0.29, 0.717) is 11.3 Å². The van der Waals surface area contributed by atoms with Crippen molar-refractivity contribution in [2.75, 3.05) is 0 Å². The van der Waals surface area contributed by atoms with Crippen LogP contribution in [0.25, 0.3) is 0 Å². The molecule has 0 heterocycles. The number of fused-ring (bicyclic) bond motifs is 1. The van der Waals surface area contributed by atoms with Crippen LogP contribution in [0.5, 0.6) is 0 Å². The Labute approximate surface area is 68.3 Å². The van der Waals surface area contributed by atoms with Gasteiger partial charge < -0.3 is 0 Å². The predicted octanol–water partition coefficient (Wildman–Crippen LogP) is 3.08. The van der Waals surface area contributed by atoms with E-state index in [0.717, 1.165) is 0 Å². The van der Waals surface area contributed by atoms with Crippen LogP contribution in [0, 0.1) is 11.3 Å². The fourth-order valence-corrected chi connectivity index (χ4v) is 2.08. The molecule has 2 aliphatic rings. The fourth-order valence-electron chi connectivity index (χ4n) is 2.08. The minimum Gasteiger partial charge on any atom is -0.0802 e. The monoisotopic (exact) mass is 146 g/mol. The highest BCUT2D eigenvalue weighted by Gasteiger charge is 2.39. The van der Waals surface area contributed by atoms with Gasteiger partial charge in [0.15, 0.2) is 0 Å². The molecular formula is C11H14. The lowest BCUT2D eigenvalue weighted by molar-refractivity contribution is 0.405. The number of rotatable bonds is 0. The lowest BCUT2D eigenvalue weighted by atomic mass is 9.74. The summed E-state index contributed by atoms with van der Waals surface area (Å²) in [5, 5.41) is 0. The summed E-state index contributed by atoms with van der Waals surface area (Å²) in [6.45, 7) is 6.86. The van der Waals surface area contributed by atoms with Gasteiger partial charge in [0, 0.05) is 5.41 Å². The van der Waals surface area contributed by atoms with Gasteiger partial charge in [0.05, 0.1) is 0 Å². The van der Waals surface area contributed by atoms with Gasteiger partial charge in [-0.25, -0.2) is 0 Å². The summed E-state index contributed by atoms with van der Waals surface area (Å²) in [7, 11) is 0. The molecule has 2 atom stereocenters. The highest BCUT2D eigenvalue weighted by atomic mass is 14.4. The fraction of sp³-hybridized carbons (Fsp3) is 0.455. The van der Waals surface area contributed by atoms with Gasteiger partial charge in [-0.3, -0.25) is 0 Å². The van der Waals surface area contributed by atoms with E-state index in [1.165, 1.54) is 11.1 Å². The van der Waals surface area contributed by atoms with Crippen molar-refractivity contribution in [3.05, 3.63) is 35.5 Å². The van der Waals surface area contributed by atoms with Crippen molar-refractivity contribution >= 4 is 0 Å². The van der Waals surface area contributed by atoms with Crippen LogP contribution in [-0.4, -0.2) is 0 Å². The van der Waals surface area contributed by atoms with E-state index in [4.69, 9.17) is 0 Å². The molecular weight excluding hydrogens is 132 g/mol. The van der Waals surface area contributed by atoms with Crippen molar-refractivity contribution in [1.82, 2.24) is 0 Å². The Bertz CT molecular complexity index is 278. The van der Waals surface area contributed by atoms with Crippen LogP contribution in [-0.2, 0) is 0 Å². The molecule has 11 heavy (non-hydrogen) atoms. The average Bonchev–Trinajstić information content (AvgIpc) is 2.40. The first-order valence-electron chi connectivity index (χ1n) is 4.23. The molecule has 0 aliphatic heterocycles. The summed E-state index contributed by atoms with van der Waals surface area (Å²) >= 11 is 0. The first-order valence-corrected chi connectivity index (χ1v) is 4.23. The summed E-state index contributed by atoms with van der Waals surface area (Å²) in [4.78, 5) is 0. The Morgan fingerprint density at radius 1 is 1.36 bits per heavy atom. The number of hydrogen-bond acceptors (Lipinski definition) is 0. The molecule has 0 saturated carbocycles. The molecule has 0 aromatic heterocycles. The SMILES string of the molecule is CC1=CC=C2C=CC(C)C12C. The van der Waals surface area contributed by atoms with E-state index in [1.807, 2.05) is 0 Å². The zero-order valence-electron chi connectivity index (χ0n) is 7.39. The second-order valence-corrected chi connectivity index (χ2v) is 3.82. The van der Waals surface area contributed by atoms with Crippen LogP contribution >= 0.6 is 0 Å². The van der Waals surface area contributed by atoms with Gasteiger partial charge in [0.25, 0.3) is 0 Å². The third-order valence-corrected chi connectivity index (χ3v) is 3.41. The first kappa shape index (κ1) is 6.90. The van der Waals surface area contributed by atoms with Crippen LogP contribution in [0.15, 0.2) is 35.5 Å². The molecule has 58 valence electrons. The van der Waals surface area contributed by atoms with Gasteiger partial charge in [-0.1, -0.05) is 43.7 Å². The van der Waals surface area contributed by atoms with Crippen molar-refractivity contribution in [1.29, 1.82) is 0 Å². The largest absolute Gasteiger partial charge is 0.0802 e. The quantitative estimate of drug-likeness (QED) is 0.492. The molecule has 2 aliphatic carbocycles.